The second-order valence-electron chi connectivity index (χ2n) is 3.98. The molecule has 0 radical (unpaired) electrons. The highest BCUT2D eigenvalue weighted by atomic mass is 35.5. The van der Waals surface area contributed by atoms with E-state index in [1.54, 1.807) is 6.07 Å². The Morgan fingerprint density at radius 3 is 3.06 bits per heavy atom. The normalized spacial score (nSPS) is 22.2. The van der Waals surface area contributed by atoms with E-state index in [9.17, 15) is 0 Å². The monoisotopic (exact) mass is 241 g/mol. The predicted octanol–water partition coefficient (Wildman–Crippen LogP) is 1.74. The topological polar surface area (TPSA) is 38.2 Å². The fraction of sp³-hybridized carbons (Fsp3) is 0.636. The SMILES string of the molecule is CCC1CN(Cc2ccc(Cl)nn2)CCO1. The Morgan fingerprint density at radius 1 is 1.50 bits per heavy atom. The average molecular weight is 242 g/mol. The third kappa shape index (κ3) is 3.14. The molecule has 0 bridgehead atoms. The molecule has 88 valence electrons. The lowest BCUT2D eigenvalue weighted by Gasteiger charge is -2.31. The van der Waals surface area contributed by atoms with Crippen LogP contribution in [-0.4, -0.2) is 40.9 Å². The molecule has 16 heavy (non-hydrogen) atoms. The molecule has 0 spiro atoms. The molecule has 2 rings (SSSR count). The molecule has 1 aromatic heterocycles. The maximum absolute atomic E-state index is 5.69. The number of nitrogens with zero attached hydrogens (tertiary/aromatic N) is 3. The average Bonchev–Trinajstić information content (AvgIpc) is 2.32. The zero-order valence-corrected chi connectivity index (χ0v) is 10.2. The van der Waals surface area contributed by atoms with Gasteiger partial charge in [-0.05, 0) is 18.6 Å². The summed E-state index contributed by atoms with van der Waals surface area (Å²) in [5, 5.41) is 8.34. The summed E-state index contributed by atoms with van der Waals surface area (Å²) in [5.41, 5.74) is 0.959. The molecule has 2 heterocycles. The van der Waals surface area contributed by atoms with Gasteiger partial charge in [0.2, 0.25) is 0 Å². The van der Waals surface area contributed by atoms with Crippen molar-refractivity contribution in [1.29, 1.82) is 0 Å². The second-order valence-corrected chi connectivity index (χ2v) is 4.37. The molecule has 1 unspecified atom stereocenters. The first-order chi connectivity index (χ1) is 7.78. The van der Waals surface area contributed by atoms with E-state index < -0.39 is 0 Å². The summed E-state index contributed by atoms with van der Waals surface area (Å²) in [4.78, 5) is 2.34. The van der Waals surface area contributed by atoms with Crippen LogP contribution in [0.2, 0.25) is 5.15 Å². The van der Waals surface area contributed by atoms with E-state index in [2.05, 4.69) is 22.0 Å². The van der Waals surface area contributed by atoms with E-state index in [1.165, 1.54) is 0 Å². The summed E-state index contributed by atoms with van der Waals surface area (Å²) < 4.78 is 5.62. The van der Waals surface area contributed by atoms with Crippen molar-refractivity contribution in [2.45, 2.75) is 26.0 Å². The van der Waals surface area contributed by atoms with Gasteiger partial charge in [0.15, 0.2) is 5.15 Å². The van der Waals surface area contributed by atoms with Crippen LogP contribution >= 0.6 is 11.6 Å². The van der Waals surface area contributed by atoms with Crippen molar-refractivity contribution in [3.05, 3.63) is 23.0 Å². The zero-order chi connectivity index (χ0) is 11.4. The minimum Gasteiger partial charge on any atom is -0.376 e. The van der Waals surface area contributed by atoms with Gasteiger partial charge in [-0.25, -0.2) is 0 Å². The van der Waals surface area contributed by atoms with Crippen LogP contribution in [-0.2, 0) is 11.3 Å². The van der Waals surface area contributed by atoms with Gasteiger partial charge >= 0.3 is 0 Å². The van der Waals surface area contributed by atoms with E-state index in [-0.39, 0.29) is 0 Å². The van der Waals surface area contributed by atoms with Crippen LogP contribution in [0.3, 0.4) is 0 Å². The molecule has 1 atom stereocenters. The molecule has 1 aliphatic heterocycles. The number of halogens is 1. The molecule has 0 N–H and O–H groups in total. The fourth-order valence-corrected chi connectivity index (χ4v) is 1.93. The molecule has 4 nitrogen and oxygen atoms in total. The van der Waals surface area contributed by atoms with Gasteiger partial charge in [0.25, 0.3) is 0 Å². The lowest BCUT2D eigenvalue weighted by atomic mass is 10.2. The summed E-state index contributed by atoms with van der Waals surface area (Å²) in [6, 6.07) is 3.70. The highest BCUT2D eigenvalue weighted by Gasteiger charge is 2.19. The van der Waals surface area contributed by atoms with Crippen LogP contribution < -0.4 is 0 Å². The minimum atomic E-state index is 0.356. The van der Waals surface area contributed by atoms with Crippen molar-refractivity contribution in [3.8, 4) is 0 Å². The Kier molecular flexibility index (Phi) is 4.09. The summed E-state index contributed by atoms with van der Waals surface area (Å²) >= 11 is 5.69. The summed E-state index contributed by atoms with van der Waals surface area (Å²) in [7, 11) is 0. The lowest BCUT2D eigenvalue weighted by molar-refractivity contribution is -0.0328. The molecule has 0 aliphatic carbocycles. The first kappa shape index (κ1) is 11.8. The molecule has 1 fully saturated rings. The van der Waals surface area contributed by atoms with E-state index in [4.69, 9.17) is 16.3 Å². The lowest BCUT2D eigenvalue weighted by Crippen LogP contribution is -2.41. The van der Waals surface area contributed by atoms with Gasteiger partial charge in [-0.2, -0.15) is 5.10 Å². The predicted molar refractivity (Wildman–Crippen MR) is 62.4 cm³/mol. The van der Waals surface area contributed by atoms with Crippen LogP contribution in [0.25, 0.3) is 0 Å². The molecule has 0 saturated carbocycles. The van der Waals surface area contributed by atoms with Crippen molar-refractivity contribution in [2.75, 3.05) is 19.7 Å². The largest absolute Gasteiger partial charge is 0.376 e. The summed E-state index contributed by atoms with van der Waals surface area (Å²) in [6.07, 6.45) is 1.41. The number of aromatic nitrogens is 2. The standard InChI is InChI=1S/C11H16ClN3O/c1-2-10-8-15(5-6-16-10)7-9-3-4-11(12)14-13-9/h3-4,10H,2,5-8H2,1H3. The minimum absolute atomic E-state index is 0.356. The molecular formula is C11H16ClN3O. The first-order valence-corrected chi connectivity index (χ1v) is 5.98. The quantitative estimate of drug-likeness (QED) is 0.808. The number of hydrogen-bond acceptors (Lipinski definition) is 4. The number of ether oxygens (including phenoxy) is 1. The third-order valence-corrected chi connectivity index (χ3v) is 2.95. The van der Waals surface area contributed by atoms with Gasteiger partial charge in [-0.1, -0.05) is 18.5 Å². The Balaban J connectivity index is 1.91. The summed E-state index contributed by atoms with van der Waals surface area (Å²) in [6.45, 7) is 5.71. The van der Waals surface area contributed by atoms with E-state index in [0.717, 1.165) is 38.4 Å². The second kappa shape index (κ2) is 5.57. The van der Waals surface area contributed by atoms with Crippen molar-refractivity contribution >= 4 is 11.6 Å². The number of morpholine rings is 1. The van der Waals surface area contributed by atoms with Crippen molar-refractivity contribution in [3.63, 3.8) is 0 Å². The number of hydrogen-bond donors (Lipinski definition) is 0. The van der Waals surface area contributed by atoms with Gasteiger partial charge < -0.3 is 4.74 Å². The maximum Gasteiger partial charge on any atom is 0.151 e. The Morgan fingerprint density at radius 2 is 2.38 bits per heavy atom. The van der Waals surface area contributed by atoms with E-state index in [1.807, 2.05) is 6.07 Å². The molecule has 1 saturated heterocycles. The van der Waals surface area contributed by atoms with Crippen LogP contribution in [0.1, 0.15) is 19.0 Å². The maximum atomic E-state index is 5.69. The Hall–Kier alpha value is -0.710. The zero-order valence-electron chi connectivity index (χ0n) is 9.40. The Bertz CT molecular complexity index is 331. The van der Waals surface area contributed by atoms with Gasteiger partial charge in [0.1, 0.15) is 0 Å². The molecule has 1 aliphatic rings. The fourth-order valence-electron chi connectivity index (χ4n) is 1.83. The summed E-state index contributed by atoms with van der Waals surface area (Å²) in [5.74, 6) is 0. The third-order valence-electron chi connectivity index (χ3n) is 2.75. The molecule has 5 heteroatoms. The Labute approximate surface area is 101 Å². The molecule has 1 aromatic rings. The first-order valence-electron chi connectivity index (χ1n) is 5.60. The van der Waals surface area contributed by atoms with Gasteiger partial charge in [-0.15, -0.1) is 5.10 Å². The van der Waals surface area contributed by atoms with Crippen LogP contribution in [0.5, 0.6) is 0 Å². The molecular weight excluding hydrogens is 226 g/mol. The van der Waals surface area contributed by atoms with Gasteiger partial charge in [0.05, 0.1) is 18.4 Å². The van der Waals surface area contributed by atoms with Crippen LogP contribution in [0.15, 0.2) is 12.1 Å². The number of rotatable bonds is 3. The molecule has 0 amide bonds. The van der Waals surface area contributed by atoms with Crippen LogP contribution in [0, 0.1) is 0 Å². The van der Waals surface area contributed by atoms with Gasteiger partial charge in [0, 0.05) is 19.6 Å². The van der Waals surface area contributed by atoms with E-state index in [0.29, 0.717) is 11.3 Å². The highest BCUT2D eigenvalue weighted by Crippen LogP contribution is 2.11. The highest BCUT2D eigenvalue weighted by molar-refractivity contribution is 6.29. The smallest absolute Gasteiger partial charge is 0.151 e. The molecule has 0 aromatic carbocycles. The van der Waals surface area contributed by atoms with Crippen molar-refractivity contribution in [2.24, 2.45) is 0 Å². The van der Waals surface area contributed by atoms with Crippen molar-refractivity contribution in [1.82, 2.24) is 15.1 Å². The van der Waals surface area contributed by atoms with Crippen molar-refractivity contribution < 1.29 is 4.74 Å². The van der Waals surface area contributed by atoms with Gasteiger partial charge in [-0.3, -0.25) is 4.90 Å². The van der Waals surface area contributed by atoms with Crippen LogP contribution in [0.4, 0.5) is 0 Å². The van der Waals surface area contributed by atoms with E-state index >= 15 is 0 Å².